The lowest BCUT2D eigenvalue weighted by molar-refractivity contribution is -0.116. The van der Waals surface area contributed by atoms with E-state index in [-0.39, 0.29) is 11.8 Å². The molecule has 2 fully saturated rings. The molecule has 1 saturated heterocycles. The molecular weight excluding hydrogens is 290 g/mol. The van der Waals surface area contributed by atoms with Crippen LogP contribution in [0.3, 0.4) is 0 Å². The van der Waals surface area contributed by atoms with Crippen LogP contribution in [0.25, 0.3) is 0 Å². The van der Waals surface area contributed by atoms with Crippen molar-refractivity contribution in [3.63, 3.8) is 0 Å². The Bertz CT molecular complexity index is 563. The van der Waals surface area contributed by atoms with Crippen LogP contribution in [0.4, 0.5) is 5.69 Å². The lowest BCUT2D eigenvalue weighted by atomic mass is 9.93. The summed E-state index contributed by atoms with van der Waals surface area (Å²) in [6.07, 6.45) is 5.83. The highest BCUT2D eigenvalue weighted by Gasteiger charge is 2.25. The number of amides is 2. The van der Waals surface area contributed by atoms with E-state index in [0.717, 1.165) is 45.2 Å². The van der Waals surface area contributed by atoms with Gasteiger partial charge < -0.3 is 16.0 Å². The summed E-state index contributed by atoms with van der Waals surface area (Å²) in [5.41, 5.74) is 1.16. The van der Waals surface area contributed by atoms with Crippen LogP contribution in [0.1, 0.15) is 48.9 Å². The van der Waals surface area contributed by atoms with Crippen molar-refractivity contribution in [1.29, 1.82) is 0 Å². The monoisotopic (exact) mass is 315 g/mol. The van der Waals surface area contributed by atoms with E-state index in [1.54, 1.807) is 12.1 Å². The van der Waals surface area contributed by atoms with Crippen molar-refractivity contribution in [2.75, 3.05) is 18.4 Å². The van der Waals surface area contributed by atoms with Crippen molar-refractivity contribution in [3.05, 3.63) is 29.8 Å². The molecule has 0 aromatic heterocycles. The first kappa shape index (κ1) is 16.0. The number of rotatable bonds is 6. The maximum Gasteiger partial charge on any atom is 0.253 e. The molecule has 0 bridgehead atoms. The quantitative estimate of drug-likeness (QED) is 0.754. The third-order valence-corrected chi connectivity index (χ3v) is 4.60. The fourth-order valence-electron chi connectivity index (χ4n) is 3.00. The number of carbonyl (C=O) groups is 2. The molecule has 0 spiro atoms. The average Bonchev–Trinajstić information content (AvgIpc) is 3.38. The van der Waals surface area contributed by atoms with Gasteiger partial charge in [0.05, 0.1) is 11.3 Å². The van der Waals surface area contributed by atoms with Crippen LogP contribution in [-0.2, 0) is 4.79 Å². The first-order chi connectivity index (χ1) is 11.2. The number of anilines is 1. The van der Waals surface area contributed by atoms with Gasteiger partial charge in [-0.25, -0.2) is 0 Å². The van der Waals surface area contributed by atoms with Gasteiger partial charge in [-0.1, -0.05) is 12.1 Å². The number of hydrogen-bond acceptors (Lipinski definition) is 3. The third-order valence-electron chi connectivity index (χ3n) is 4.60. The first-order valence-electron chi connectivity index (χ1n) is 8.63. The zero-order valence-electron chi connectivity index (χ0n) is 13.4. The summed E-state index contributed by atoms with van der Waals surface area (Å²) in [5.74, 6) is 0.535. The minimum absolute atomic E-state index is 0.00444. The Kier molecular flexibility index (Phi) is 5.28. The lowest BCUT2D eigenvalue weighted by Crippen LogP contribution is -2.28. The Morgan fingerprint density at radius 1 is 1.09 bits per heavy atom. The summed E-state index contributed by atoms with van der Waals surface area (Å²) in [7, 11) is 0. The number of nitrogens with one attached hydrogen (secondary N) is 3. The smallest absolute Gasteiger partial charge is 0.253 e. The zero-order chi connectivity index (χ0) is 16.1. The molecule has 0 radical (unpaired) electrons. The van der Waals surface area contributed by atoms with Crippen LogP contribution < -0.4 is 16.0 Å². The summed E-state index contributed by atoms with van der Waals surface area (Å²) in [5, 5.41) is 9.22. The molecule has 1 aliphatic heterocycles. The standard InChI is InChI=1S/C18H25N3O2/c22-17(8-5-13-9-11-19-12-10-13)21-16-4-2-1-3-15(16)18(23)20-14-6-7-14/h1-4,13-14,19H,5-12H2,(H,20,23)(H,21,22). The molecule has 124 valence electrons. The maximum absolute atomic E-state index is 12.2. The fraction of sp³-hybridized carbons (Fsp3) is 0.556. The molecule has 2 aliphatic rings. The molecule has 1 saturated carbocycles. The van der Waals surface area contributed by atoms with Crippen molar-refractivity contribution in [3.8, 4) is 0 Å². The van der Waals surface area contributed by atoms with Crippen molar-refractivity contribution in [1.82, 2.24) is 10.6 Å². The van der Waals surface area contributed by atoms with E-state index >= 15 is 0 Å². The molecule has 1 aromatic carbocycles. The summed E-state index contributed by atoms with van der Waals surface area (Å²) in [4.78, 5) is 24.4. The lowest BCUT2D eigenvalue weighted by Gasteiger charge is -2.22. The van der Waals surface area contributed by atoms with E-state index in [1.807, 2.05) is 12.1 Å². The predicted molar refractivity (Wildman–Crippen MR) is 90.4 cm³/mol. The van der Waals surface area contributed by atoms with Crippen molar-refractivity contribution < 1.29 is 9.59 Å². The largest absolute Gasteiger partial charge is 0.349 e. The van der Waals surface area contributed by atoms with Gasteiger partial charge in [0.15, 0.2) is 0 Å². The predicted octanol–water partition coefficient (Wildman–Crippen LogP) is 2.30. The van der Waals surface area contributed by atoms with Crippen LogP contribution in [-0.4, -0.2) is 30.9 Å². The Morgan fingerprint density at radius 2 is 1.83 bits per heavy atom. The molecule has 1 aliphatic carbocycles. The second kappa shape index (κ2) is 7.59. The van der Waals surface area contributed by atoms with Gasteiger partial charge in [0.2, 0.25) is 5.91 Å². The average molecular weight is 315 g/mol. The second-order valence-electron chi connectivity index (χ2n) is 6.57. The fourth-order valence-corrected chi connectivity index (χ4v) is 3.00. The highest BCUT2D eigenvalue weighted by atomic mass is 16.2. The molecule has 3 rings (SSSR count). The van der Waals surface area contributed by atoms with Crippen LogP contribution in [0.2, 0.25) is 0 Å². The van der Waals surface area contributed by atoms with Crippen LogP contribution in [0, 0.1) is 5.92 Å². The highest BCUT2D eigenvalue weighted by molar-refractivity contribution is 6.03. The molecule has 5 heteroatoms. The van der Waals surface area contributed by atoms with Gasteiger partial charge in [-0.05, 0) is 63.2 Å². The van der Waals surface area contributed by atoms with Crippen molar-refractivity contribution in [2.24, 2.45) is 5.92 Å². The van der Waals surface area contributed by atoms with Gasteiger partial charge >= 0.3 is 0 Å². The molecular formula is C18H25N3O2. The van der Waals surface area contributed by atoms with E-state index in [0.29, 0.717) is 29.6 Å². The Labute approximate surface area is 137 Å². The van der Waals surface area contributed by atoms with E-state index in [2.05, 4.69) is 16.0 Å². The molecule has 23 heavy (non-hydrogen) atoms. The second-order valence-corrected chi connectivity index (χ2v) is 6.57. The van der Waals surface area contributed by atoms with E-state index in [9.17, 15) is 9.59 Å². The number of para-hydroxylation sites is 1. The minimum atomic E-state index is -0.0956. The van der Waals surface area contributed by atoms with Gasteiger partial charge in [-0.15, -0.1) is 0 Å². The van der Waals surface area contributed by atoms with E-state index < -0.39 is 0 Å². The molecule has 0 atom stereocenters. The molecule has 3 N–H and O–H groups in total. The summed E-state index contributed by atoms with van der Waals surface area (Å²) >= 11 is 0. The maximum atomic E-state index is 12.2. The highest BCUT2D eigenvalue weighted by Crippen LogP contribution is 2.22. The normalized spacial score (nSPS) is 18.4. The van der Waals surface area contributed by atoms with Crippen LogP contribution in [0.15, 0.2) is 24.3 Å². The van der Waals surface area contributed by atoms with Gasteiger partial charge in [0.25, 0.3) is 5.91 Å². The van der Waals surface area contributed by atoms with Crippen LogP contribution >= 0.6 is 0 Å². The summed E-state index contributed by atoms with van der Waals surface area (Å²) in [6, 6.07) is 7.54. The molecule has 0 unspecified atom stereocenters. The Morgan fingerprint density at radius 3 is 2.57 bits per heavy atom. The Balaban J connectivity index is 1.53. The molecule has 5 nitrogen and oxygen atoms in total. The van der Waals surface area contributed by atoms with Crippen molar-refractivity contribution in [2.45, 2.75) is 44.6 Å². The van der Waals surface area contributed by atoms with Gasteiger partial charge in [-0.3, -0.25) is 9.59 Å². The zero-order valence-corrected chi connectivity index (χ0v) is 13.4. The van der Waals surface area contributed by atoms with Gasteiger partial charge in [0.1, 0.15) is 0 Å². The molecule has 2 amide bonds. The van der Waals surface area contributed by atoms with E-state index in [4.69, 9.17) is 0 Å². The third kappa shape index (κ3) is 4.79. The van der Waals surface area contributed by atoms with Crippen molar-refractivity contribution >= 4 is 17.5 Å². The molecule has 1 aromatic rings. The summed E-state index contributed by atoms with van der Waals surface area (Å²) < 4.78 is 0. The Hall–Kier alpha value is -1.88. The minimum Gasteiger partial charge on any atom is -0.349 e. The number of piperidine rings is 1. The topological polar surface area (TPSA) is 70.2 Å². The number of benzene rings is 1. The van der Waals surface area contributed by atoms with Crippen LogP contribution in [0.5, 0.6) is 0 Å². The number of carbonyl (C=O) groups excluding carboxylic acids is 2. The first-order valence-corrected chi connectivity index (χ1v) is 8.63. The molecule has 1 heterocycles. The van der Waals surface area contributed by atoms with E-state index in [1.165, 1.54) is 0 Å². The SMILES string of the molecule is O=C(CCC1CCNCC1)Nc1ccccc1C(=O)NC1CC1. The van der Waals surface area contributed by atoms with Gasteiger partial charge in [-0.2, -0.15) is 0 Å². The van der Waals surface area contributed by atoms with Gasteiger partial charge in [0, 0.05) is 12.5 Å². The summed E-state index contributed by atoms with van der Waals surface area (Å²) in [6.45, 7) is 2.10. The number of hydrogen-bond donors (Lipinski definition) is 3.